The summed E-state index contributed by atoms with van der Waals surface area (Å²) in [6.45, 7) is 1.67. The van der Waals surface area contributed by atoms with Crippen LogP contribution in [0.4, 0.5) is 0 Å². The molecule has 1 amide bonds. The first kappa shape index (κ1) is 17.8. The summed E-state index contributed by atoms with van der Waals surface area (Å²) in [7, 11) is 0. The van der Waals surface area contributed by atoms with Gasteiger partial charge in [0.15, 0.2) is 5.16 Å². The minimum Gasteiger partial charge on any atom is -0.342 e. The van der Waals surface area contributed by atoms with Crippen molar-refractivity contribution in [1.29, 1.82) is 0 Å². The highest BCUT2D eigenvalue weighted by molar-refractivity contribution is 7.99. The van der Waals surface area contributed by atoms with Gasteiger partial charge in [-0.25, -0.2) is 0 Å². The van der Waals surface area contributed by atoms with Crippen LogP contribution >= 0.6 is 11.8 Å². The number of nitrogens with one attached hydrogen (secondary N) is 1. The van der Waals surface area contributed by atoms with Crippen LogP contribution in [0.5, 0.6) is 0 Å². The fourth-order valence-electron chi connectivity index (χ4n) is 3.36. The Morgan fingerprint density at radius 1 is 1.07 bits per heavy atom. The highest BCUT2D eigenvalue weighted by atomic mass is 32.2. The van der Waals surface area contributed by atoms with Crippen molar-refractivity contribution < 1.29 is 4.79 Å². The Bertz CT molecular complexity index is 990. The summed E-state index contributed by atoms with van der Waals surface area (Å²) in [6, 6.07) is 11.2. The first-order valence-electron chi connectivity index (χ1n) is 9.17. The molecule has 1 N–H and O–H groups in total. The van der Waals surface area contributed by atoms with Crippen molar-refractivity contribution in [2.75, 3.05) is 18.8 Å². The number of hydrogen-bond acceptors (Lipinski definition) is 5. The topological polar surface area (TPSA) is 83.4 Å². The maximum atomic E-state index is 12.6. The van der Waals surface area contributed by atoms with Gasteiger partial charge in [0.25, 0.3) is 5.56 Å². The number of fused-ring (bicyclic) bond motifs is 1. The van der Waals surface area contributed by atoms with Gasteiger partial charge in [-0.1, -0.05) is 54.9 Å². The largest absolute Gasteiger partial charge is 0.342 e. The summed E-state index contributed by atoms with van der Waals surface area (Å²) >= 11 is 1.36. The van der Waals surface area contributed by atoms with Crippen LogP contribution in [-0.2, 0) is 4.79 Å². The van der Waals surface area contributed by atoms with Gasteiger partial charge in [-0.3, -0.25) is 19.0 Å². The van der Waals surface area contributed by atoms with Crippen LogP contribution in [0.25, 0.3) is 17.0 Å². The molecule has 0 spiro atoms. The quantitative estimate of drug-likeness (QED) is 0.700. The molecule has 0 atom stereocenters. The summed E-state index contributed by atoms with van der Waals surface area (Å²) in [6.07, 6.45) is 4.53. The van der Waals surface area contributed by atoms with E-state index in [0.29, 0.717) is 22.4 Å². The zero-order chi connectivity index (χ0) is 18.6. The molecule has 8 heteroatoms. The third kappa shape index (κ3) is 3.90. The number of H-pyrrole nitrogens is 1. The molecule has 1 saturated heterocycles. The Morgan fingerprint density at radius 3 is 2.56 bits per heavy atom. The normalized spacial score (nSPS) is 15.0. The summed E-state index contributed by atoms with van der Waals surface area (Å²) in [5.74, 6) is 0.823. The number of rotatable bonds is 4. The third-order valence-electron chi connectivity index (χ3n) is 4.73. The molecule has 0 radical (unpaired) electrons. The number of likely N-dealkylation sites (tertiary alicyclic amines) is 1. The Morgan fingerprint density at radius 2 is 1.81 bits per heavy atom. The minimum atomic E-state index is -0.231. The van der Waals surface area contributed by atoms with Crippen LogP contribution in [0.1, 0.15) is 25.7 Å². The maximum absolute atomic E-state index is 12.6. The standard InChI is InChI=1S/C19H21N5O2S/c25-16-12-15(14-8-4-3-5-9-14)24-18(20-16)21-22-19(24)27-13-17(26)23-10-6-1-2-7-11-23/h3-5,8-9,12H,1-2,6-7,10-11,13H2,(H,20,21,25). The summed E-state index contributed by atoms with van der Waals surface area (Å²) in [5.41, 5.74) is 1.38. The number of amides is 1. The monoisotopic (exact) mass is 383 g/mol. The Labute approximate surface area is 160 Å². The molecule has 27 heavy (non-hydrogen) atoms. The first-order valence-corrected chi connectivity index (χ1v) is 10.2. The van der Waals surface area contributed by atoms with E-state index in [9.17, 15) is 9.59 Å². The molecule has 1 aliphatic heterocycles. The molecule has 0 unspecified atom stereocenters. The predicted molar refractivity (Wildman–Crippen MR) is 105 cm³/mol. The van der Waals surface area contributed by atoms with Crippen LogP contribution in [0.3, 0.4) is 0 Å². The number of aromatic nitrogens is 4. The van der Waals surface area contributed by atoms with Crippen molar-refractivity contribution in [2.24, 2.45) is 0 Å². The number of hydrogen-bond donors (Lipinski definition) is 1. The van der Waals surface area contributed by atoms with Crippen molar-refractivity contribution in [1.82, 2.24) is 24.5 Å². The Kier molecular flexibility index (Phi) is 5.24. The van der Waals surface area contributed by atoms with Gasteiger partial charge in [-0.05, 0) is 18.4 Å². The molecule has 1 fully saturated rings. The Balaban J connectivity index is 1.61. The molecule has 2 aromatic heterocycles. The lowest BCUT2D eigenvalue weighted by Crippen LogP contribution is -2.33. The van der Waals surface area contributed by atoms with E-state index in [4.69, 9.17) is 0 Å². The van der Waals surface area contributed by atoms with E-state index < -0.39 is 0 Å². The van der Waals surface area contributed by atoms with Crippen LogP contribution in [-0.4, -0.2) is 49.2 Å². The fourth-order valence-corrected chi connectivity index (χ4v) is 4.20. The zero-order valence-electron chi connectivity index (χ0n) is 14.9. The van der Waals surface area contributed by atoms with Crippen LogP contribution in [0, 0.1) is 0 Å². The average molecular weight is 383 g/mol. The van der Waals surface area contributed by atoms with Gasteiger partial charge in [0.05, 0.1) is 11.4 Å². The first-order chi connectivity index (χ1) is 13.2. The van der Waals surface area contributed by atoms with Gasteiger partial charge in [0.2, 0.25) is 11.7 Å². The second-order valence-electron chi connectivity index (χ2n) is 6.61. The molecule has 140 valence electrons. The molecule has 1 aromatic carbocycles. The molecule has 4 rings (SSSR count). The van der Waals surface area contributed by atoms with Crippen LogP contribution in [0.15, 0.2) is 46.3 Å². The second-order valence-corrected chi connectivity index (χ2v) is 7.55. The van der Waals surface area contributed by atoms with E-state index in [1.165, 1.54) is 30.7 Å². The lowest BCUT2D eigenvalue weighted by Gasteiger charge is -2.19. The summed E-state index contributed by atoms with van der Waals surface area (Å²) in [4.78, 5) is 29.2. The van der Waals surface area contributed by atoms with E-state index >= 15 is 0 Å². The van der Waals surface area contributed by atoms with Gasteiger partial charge < -0.3 is 4.90 Å². The van der Waals surface area contributed by atoms with Crippen molar-refractivity contribution in [3.8, 4) is 11.3 Å². The summed E-state index contributed by atoms with van der Waals surface area (Å²) < 4.78 is 1.80. The van der Waals surface area contributed by atoms with E-state index in [0.717, 1.165) is 31.5 Å². The molecule has 3 aromatic rings. The SMILES string of the molecule is O=C(CSc1nnc2[nH]c(=O)cc(-c3ccccc3)n12)N1CCCCCC1. The van der Waals surface area contributed by atoms with Crippen molar-refractivity contribution in [3.05, 3.63) is 46.8 Å². The van der Waals surface area contributed by atoms with E-state index in [-0.39, 0.29) is 11.5 Å². The number of thioether (sulfide) groups is 1. The van der Waals surface area contributed by atoms with Crippen molar-refractivity contribution in [2.45, 2.75) is 30.8 Å². The summed E-state index contributed by atoms with van der Waals surface area (Å²) in [5, 5.41) is 8.88. The van der Waals surface area contributed by atoms with Crippen molar-refractivity contribution in [3.63, 3.8) is 0 Å². The molecule has 7 nitrogen and oxygen atoms in total. The molecule has 0 bridgehead atoms. The average Bonchev–Trinajstić information content (AvgIpc) is 2.90. The third-order valence-corrected chi connectivity index (χ3v) is 5.64. The number of nitrogens with zero attached hydrogens (tertiary/aromatic N) is 4. The number of carbonyl (C=O) groups is 1. The second kappa shape index (κ2) is 7.96. The lowest BCUT2D eigenvalue weighted by molar-refractivity contribution is -0.128. The number of carbonyl (C=O) groups excluding carboxylic acids is 1. The van der Waals surface area contributed by atoms with E-state index in [1.54, 1.807) is 4.40 Å². The smallest absolute Gasteiger partial charge is 0.252 e. The van der Waals surface area contributed by atoms with Gasteiger partial charge in [0.1, 0.15) is 0 Å². The van der Waals surface area contributed by atoms with E-state index in [1.807, 2.05) is 35.2 Å². The van der Waals surface area contributed by atoms with Gasteiger partial charge in [-0.15, -0.1) is 10.2 Å². The predicted octanol–water partition coefficient (Wildman–Crippen LogP) is 2.58. The number of benzene rings is 1. The molecule has 0 saturated carbocycles. The highest BCUT2D eigenvalue weighted by Gasteiger charge is 2.18. The zero-order valence-corrected chi connectivity index (χ0v) is 15.7. The van der Waals surface area contributed by atoms with Gasteiger partial charge >= 0.3 is 0 Å². The molecule has 0 aliphatic carbocycles. The highest BCUT2D eigenvalue weighted by Crippen LogP contribution is 2.24. The van der Waals surface area contributed by atoms with Gasteiger partial charge in [-0.2, -0.15) is 0 Å². The number of aromatic amines is 1. The molecular formula is C19H21N5O2S. The van der Waals surface area contributed by atoms with E-state index in [2.05, 4.69) is 15.2 Å². The van der Waals surface area contributed by atoms with Crippen LogP contribution in [0.2, 0.25) is 0 Å². The van der Waals surface area contributed by atoms with Crippen molar-refractivity contribution >= 4 is 23.4 Å². The fraction of sp³-hybridized carbons (Fsp3) is 0.368. The minimum absolute atomic E-state index is 0.129. The molecule has 1 aliphatic rings. The lowest BCUT2D eigenvalue weighted by atomic mass is 10.1. The van der Waals surface area contributed by atoms with Gasteiger partial charge in [0, 0.05) is 19.2 Å². The molecule has 3 heterocycles. The molecular weight excluding hydrogens is 362 g/mol. The van der Waals surface area contributed by atoms with Crippen LogP contribution < -0.4 is 5.56 Å². The maximum Gasteiger partial charge on any atom is 0.252 e. The Hall–Kier alpha value is -2.61.